The van der Waals surface area contributed by atoms with Gasteiger partial charge in [0.1, 0.15) is 0 Å². The van der Waals surface area contributed by atoms with Crippen molar-refractivity contribution in [2.45, 2.75) is 49.8 Å². The number of nitrogens with zero attached hydrogens (tertiary/aromatic N) is 2. The summed E-state index contributed by atoms with van der Waals surface area (Å²) in [6.45, 7) is 0.649. The lowest BCUT2D eigenvalue weighted by atomic mass is 9.97. The van der Waals surface area contributed by atoms with Crippen molar-refractivity contribution >= 4 is 17.7 Å². The molecule has 3 aliphatic rings. The second-order valence-electron chi connectivity index (χ2n) is 7.34. The molecule has 0 saturated heterocycles. The van der Waals surface area contributed by atoms with Gasteiger partial charge in [0.05, 0.1) is 11.7 Å². The number of aryl methyl sites for hydroxylation is 1. The molecule has 1 N–H and O–H groups in total. The molecule has 8 heteroatoms. The van der Waals surface area contributed by atoms with Crippen molar-refractivity contribution < 1.29 is 14.3 Å². The number of thioether (sulfide) groups is 1. The zero-order valence-electron chi connectivity index (χ0n) is 15.4. The first-order valence-electron chi connectivity index (χ1n) is 9.61. The van der Waals surface area contributed by atoms with Crippen molar-refractivity contribution in [1.82, 2.24) is 14.9 Å². The summed E-state index contributed by atoms with van der Waals surface area (Å²) in [5, 5.41) is 3.71. The number of fused-ring (bicyclic) bond motifs is 3. The van der Waals surface area contributed by atoms with E-state index in [1.54, 1.807) is 16.3 Å². The summed E-state index contributed by atoms with van der Waals surface area (Å²) >= 11 is 1.57. The van der Waals surface area contributed by atoms with E-state index in [1.165, 1.54) is 0 Å². The highest BCUT2D eigenvalue weighted by Crippen LogP contribution is 2.34. The van der Waals surface area contributed by atoms with Gasteiger partial charge >= 0.3 is 0 Å². The van der Waals surface area contributed by atoms with E-state index in [-0.39, 0.29) is 30.7 Å². The Bertz CT molecular complexity index is 1000. The Kier molecular flexibility index (Phi) is 4.50. The Morgan fingerprint density at radius 3 is 3.04 bits per heavy atom. The van der Waals surface area contributed by atoms with Crippen LogP contribution in [0.5, 0.6) is 11.5 Å². The molecule has 0 unspecified atom stereocenters. The number of carbonyl (C=O) groups is 1. The molecule has 1 amide bonds. The van der Waals surface area contributed by atoms with Crippen LogP contribution in [0, 0.1) is 0 Å². The number of carbonyl (C=O) groups excluding carboxylic acids is 1. The van der Waals surface area contributed by atoms with Gasteiger partial charge in [0.25, 0.3) is 5.56 Å². The van der Waals surface area contributed by atoms with E-state index in [4.69, 9.17) is 14.5 Å². The highest BCUT2D eigenvalue weighted by atomic mass is 32.2. The fourth-order valence-corrected chi connectivity index (χ4v) is 5.16. The molecule has 1 aromatic heterocycles. The normalized spacial score (nSPS) is 19.2. The molecule has 2 aliphatic heterocycles. The summed E-state index contributed by atoms with van der Waals surface area (Å²) in [5.74, 6) is 2.07. The second-order valence-corrected chi connectivity index (χ2v) is 8.32. The standard InChI is InChI=1S/C20H21N3O4S/c24-18(21-9-12-5-6-16-17(7-12)27-11-26-16)8-13-10-28-20-22-15-4-2-1-3-14(15)19(25)23(13)20/h5-7,13H,1-4,8-11H2,(H,21,24)/t13-/m1/s1. The molecule has 2 aromatic rings. The molecule has 1 aliphatic carbocycles. The molecule has 0 fully saturated rings. The lowest BCUT2D eigenvalue weighted by Crippen LogP contribution is -2.33. The van der Waals surface area contributed by atoms with Crippen molar-refractivity contribution in [2.75, 3.05) is 12.5 Å². The van der Waals surface area contributed by atoms with Crippen LogP contribution in [0.1, 0.15) is 42.1 Å². The van der Waals surface area contributed by atoms with E-state index in [2.05, 4.69) is 5.32 Å². The quantitative estimate of drug-likeness (QED) is 0.794. The summed E-state index contributed by atoms with van der Waals surface area (Å²) < 4.78 is 12.4. The number of benzene rings is 1. The molecule has 0 radical (unpaired) electrons. The first-order chi connectivity index (χ1) is 13.7. The van der Waals surface area contributed by atoms with E-state index >= 15 is 0 Å². The fourth-order valence-electron chi connectivity index (χ4n) is 4.00. The molecule has 0 saturated carbocycles. The maximum atomic E-state index is 12.9. The minimum Gasteiger partial charge on any atom is -0.454 e. The Morgan fingerprint density at radius 2 is 2.11 bits per heavy atom. The van der Waals surface area contributed by atoms with Gasteiger partial charge in [-0.3, -0.25) is 14.2 Å². The van der Waals surface area contributed by atoms with Crippen molar-refractivity contribution in [2.24, 2.45) is 0 Å². The first kappa shape index (κ1) is 17.6. The summed E-state index contributed by atoms with van der Waals surface area (Å²) in [6, 6.07) is 5.50. The van der Waals surface area contributed by atoms with Crippen LogP contribution in [0.25, 0.3) is 0 Å². The smallest absolute Gasteiger partial charge is 0.257 e. The molecule has 7 nitrogen and oxygen atoms in total. The van der Waals surface area contributed by atoms with Crippen molar-refractivity contribution in [3.8, 4) is 11.5 Å². The summed E-state index contributed by atoms with van der Waals surface area (Å²) in [6.07, 6.45) is 4.11. The van der Waals surface area contributed by atoms with Crippen LogP contribution in [0.3, 0.4) is 0 Å². The number of rotatable bonds is 4. The zero-order chi connectivity index (χ0) is 19.1. The topological polar surface area (TPSA) is 82.5 Å². The molecule has 1 atom stereocenters. The van der Waals surface area contributed by atoms with E-state index in [9.17, 15) is 9.59 Å². The van der Waals surface area contributed by atoms with Gasteiger partial charge < -0.3 is 14.8 Å². The van der Waals surface area contributed by atoms with Crippen LogP contribution < -0.4 is 20.3 Å². The zero-order valence-corrected chi connectivity index (χ0v) is 16.2. The van der Waals surface area contributed by atoms with Crippen LogP contribution >= 0.6 is 11.8 Å². The molecule has 0 spiro atoms. The lowest BCUT2D eigenvalue weighted by Gasteiger charge is -2.18. The van der Waals surface area contributed by atoms with Gasteiger partial charge in [0, 0.05) is 24.3 Å². The molecule has 28 heavy (non-hydrogen) atoms. The molecule has 1 aromatic carbocycles. The van der Waals surface area contributed by atoms with E-state index in [0.717, 1.165) is 53.4 Å². The SMILES string of the molecule is O=C(C[C@@H]1CSc2nc3c(c(=O)n21)CCCC3)NCc1ccc2c(c1)OCO2. The summed E-state index contributed by atoms with van der Waals surface area (Å²) in [7, 11) is 0. The monoisotopic (exact) mass is 399 g/mol. The molecule has 5 rings (SSSR count). The number of nitrogens with one attached hydrogen (secondary N) is 1. The molecule has 3 heterocycles. The predicted octanol–water partition coefficient (Wildman–Crippen LogP) is 2.20. The fraction of sp³-hybridized carbons (Fsp3) is 0.450. The minimum atomic E-state index is -0.135. The molecular weight excluding hydrogens is 378 g/mol. The summed E-state index contributed by atoms with van der Waals surface area (Å²) in [5.41, 5.74) is 2.82. The van der Waals surface area contributed by atoms with Gasteiger partial charge in [-0.15, -0.1) is 0 Å². The highest BCUT2D eigenvalue weighted by Gasteiger charge is 2.30. The third-order valence-corrected chi connectivity index (χ3v) is 6.57. The maximum absolute atomic E-state index is 12.9. The van der Waals surface area contributed by atoms with Crippen LogP contribution in [0.15, 0.2) is 28.2 Å². The highest BCUT2D eigenvalue weighted by molar-refractivity contribution is 7.99. The Balaban J connectivity index is 1.26. The van der Waals surface area contributed by atoms with Crippen LogP contribution in [-0.4, -0.2) is 28.0 Å². The third-order valence-electron chi connectivity index (χ3n) is 5.47. The number of ether oxygens (including phenoxy) is 2. The Morgan fingerprint density at radius 1 is 1.25 bits per heavy atom. The van der Waals surface area contributed by atoms with Gasteiger partial charge in [-0.1, -0.05) is 17.8 Å². The maximum Gasteiger partial charge on any atom is 0.257 e. The molecule has 146 valence electrons. The van der Waals surface area contributed by atoms with Gasteiger partial charge in [-0.2, -0.15) is 0 Å². The van der Waals surface area contributed by atoms with Crippen LogP contribution in [0.2, 0.25) is 0 Å². The predicted molar refractivity (Wildman–Crippen MR) is 104 cm³/mol. The van der Waals surface area contributed by atoms with E-state index in [1.807, 2.05) is 18.2 Å². The van der Waals surface area contributed by atoms with Gasteiger partial charge in [-0.25, -0.2) is 4.98 Å². The average Bonchev–Trinajstić information content (AvgIpc) is 3.33. The van der Waals surface area contributed by atoms with Crippen LogP contribution in [-0.2, 0) is 24.2 Å². The van der Waals surface area contributed by atoms with Crippen LogP contribution in [0.4, 0.5) is 0 Å². The third kappa shape index (κ3) is 3.15. The van der Waals surface area contributed by atoms with Gasteiger partial charge in [0.2, 0.25) is 12.7 Å². The molecule has 0 bridgehead atoms. The second kappa shape index (κ2) is 7.16. The number of hydrogen-bond acceptors (Lipinski definition) is 6. The van der Waals surface area contributed by atoms with E-state index in [0.29, 0.717) is 18.0 Å². The van der Waals surface area contributed by atoms with Gasteiger partial charge in [0.15, 0.2) is 16.7 Å². The Labute approximate surface area is 166 Å². The molecular formula is C20H21N3O4S. The first-order valence-corrected chi connectivity index (χ1v) is 10.6. The number of amides is 1. The largest absolute Gasteiger partial charge is 0.454 e. The number of hydrogen-bond donors (Lipinski definition) is 1. The minimum absolute atomic E-state index is 0.0540. The number of aromatic nitrogens is 2. The van der Waals surface area contributed by atoms with E-state index < -0.39 is 0 Å². The summed E-state index contributed by atoms with van der Waals surface area (Å²) in [4.78, 5) is 30.1. The lowest BCUT2D eigenvalue weighted by molar-refractivity contribution is -0.121. The average molecular weight is 399 g/mol. The Hall–Kier alpha value is -2.48. The van der Waals surface area contributed by atoms with Crippen molar-refractivity contribution in [3.63, 3.8) is 0 Å². The van der Waals surface area contributed by atoms with Crippen molar-refractivity contribution in [3.05, 3.63) is 45.4 Å². The van der Waals surface area contributed by atoms with Gasteiger partial charge in [-0.05, 0) is 43.4 Å². The van der Waals surface area contributed by atoms with Crippen molar-refractivity contribution in [1.29, 1.82) is 0 Å².